The van der Waals surface area contributed by atoms with E-state index in [1.54, 1.807) is 13.8 Å². The minimum atomic E-state index is -2.14. The van der Waals surface area contributed by atoms with Crippen molar-refractivity contribution in [2.24, 2.45) is 62.9 Å². The average Bonchev–Trinajstić information content (AvgIpc) is 1.66. The molecule has 2 aliphatic rings. The van der Waals surface area contributed by atoms with Gasteiger partial charge in [-0.15, -0.1) is 0 Å². The summed E-state index contributed by atoms with van der Waals surface area (Å²) in [6.45, 7) is 11.8. The number of nitrogens with one attached hydrogen (secondary N) is 15. The van der Waals surface area contributed by atoms with E-state index in [1.165, 1.54) is 46.4 Å². The molecule has 2 fully saturated rings. The van der Waals surface area contributed by atoms with Crippen molar-refractivity contribution in [3.63, 3.8) is 0 Å². The Balaban J connectivity index is 2.41. The summed E-state index contributed by atoms with van der Waals surface area (Å²) in [6, 6.07) is -25.2. The Labute approximate surface area is 752 Å². The standard InChI is InChI=1S/C79H137N25O26/c1-37(2)32-49(96-71(122)53-22-17-31-104(53)77(128)50(33-55(84)109)97-64(115)44(18-11-13-27-80)91-56(110)34-82)63(114)88-35-57(111)99-59(38(3)4)73(124)94-46(20-15-29-87-79(85)86)65(116)92-45(19-12-14-28-81)66(117)101-61(42(9)106)74(125)95-48(24-26-58(112)113)68(119)102-62(43(10)107)75(126)98-51(36-105)69(120)93-47(23-25-54(83)108)67(118)100-60(39(5)6)72(123)89-40(7)76(127)103-30-16-21-52(103)70(121)90-41(8)78(129)130/h37-53,59-62,105-107H,11-36,80-82H2,1-10H3,(H2,83,108)(H2,84,109)(H,88,114)(H,89,123)(H,90,121)(H,91,110)(H,92,116)(H,93,120)(H,94,124)(H,95,125)(H,96,122)(H,97,115)(H,98,126)(H,99,111)(H,100,118)(H,101,117)(H,102,119)(H,112,113)(H,129,130)(H4,85,86,87)/t40-,41-,42+,43+,44-,45-,46-,47-,48-,49-,50-,51-,52-,53-,59-,60-,61-,62-/m0/s1. The van der Waals surface area contributed by atoms with Crippen LogP contribution in [0, 0.1) is 17.8 Å². The highest BCUT2D eigenvalue weighted by Gasteiger charge is 2.44. The fraction of sp³-hybridized carbons (Fsp3) is 0.722. The molecule has 734 valence electrons. The van der Waals surface area contributed by atoms with E-state index in [0.29, 0.717) is 19.3 Å². The molecule has 130 heavy (non-hydrogen) atoms. The molecular weight excluding hydrogens is 1720 g/mol. The van der Waals surface area contributed by atoms with Crippen molar-refractivity contribution < 1.29 is 126 Å². The number of carbonyl (C=O) groups excluding carboxylic acids is 19. The summed E-state index contributed by atoms with van der Waals surface area (Å²) < 4.78 is 0. The average molecular weight is 1850 g/mol. The Bertz CT molecular complexity index is 3940. The van der Waals surface area contributed by atoms with Crippen molar-refractivity contribution >= 4 is 130 Å². The number of hydrogen-bond acceptors (Lipinski definition) is 28. The van der Waals surface area contributed by atoms with Crippen LogP contribution in [0.5, 0.6) is 0 Å². The lowest BCUT2D eigenvalue weighted by molar-refractivity contribution is -0.144. The molecule has 0 radical (unpaired) electrons. The third-order valence-electron chi connectivity index (χ3n) is 20.9. The first-order valence-corrected chi connectivity index (χ1v) is 43.2. The quantitative estimate of drug-likeness (QED) is 0.0153. The highest BCUT2D eigenvalue weighted by atomic mass is 16.4. The number of carboxylic acids is 2. The lowest BCUT2D eigenvalue weighted by atomic mass is 10.0. The Kier molecular flexibility index (Phi) is 50.6. The van der Waals surface area contributed by atoms with Crippen molar-refractivity contribution in [3.05, 3.63) is 0 Å². The van der Waals surface area contributed by atoms with E-state index in [2.05, 4.69) is 84.7 Å². The third-order valence-corrected chi connectivity index (χ3v) is 20.9. The zero-order valence-electron chi connectivity index (χ0n) is 75.2. The first kappa shape index (κ1) is 114. The number of aliphatic carboxylic acids is 2. The molecule has 0 aromatic carbocycles. The van der Waals surface area contributed by atoms with Gasteiger partial charge in [0.1, 0.15) is 96.7 Å². The van der Waals surface area contributed by atoms with Crippen molar-refractivity contribution in [1.82, 2.24) is 89.6 Å². The number of primary amides is 2. The van der Waals surface area contributed by atoms with E-state index in [-0.39, 0.29) is 109 Å². The molecule has 0 unspecified atom stereocenters. The SMILES string of the molecule is CC(C)C[C@H](NC(=O)[C@@H]1CCCN1C(=O)[C@H](CC(N)=O)NC(=O)[C@H](CCCCN)NC(=O)CN)C(=O)NCC(=O)N[C@H](C(=O)N[C@@H](CCCN=C(N)N)C(=O)N[C@@H](CCCCN)C(=O)N[C@H](C(=O)N[C@@H](CCC(=O)O)C(=O)N[C@H](C(=O)N[C@@H](CO)C(=O)N[C@@H](CCC(N)=O)C(=O)N[C@H](C(=O)N[C@@H](C)C(=O)N1CCC[C@H]1C(=O)N[C@@H](C)C(=O)O)C(C)C)[C@@H](C)O)[C@@H](C)O)C(C)C. The molecule has 0 aliphatic carbocycles. The molecule has 0 spiro atoms. The van der Waals surface area contributed by atoms with Crippen LogP contribution in [0.4, 0.5) is 0 Å². The fourth-order valence-electron chi connectivity index (χ4n) is 13.8. The molecule has 51 heteroatoms. The largest absolute Gasteiger partial charge is 0.481 e. The summed E-state index contributed by atoms with van der Waals surface area (Å²) in [4.78, 5) is 290. The maximum atomic E-state index is 14.6. The van der Waals surface area contributed by atoms with Gasteiger partial charge in [0.25, 0.3) is 0 Å². The highest BCUT2D eigenvalue weighted by molar-refractivity contribution is 6.02. The molecule has 0 saturated carbocycles. The minimum absolute atomic E-state index is 0.00505. The summed E-state index contributed by atoms with van der Waals surface area (Å²) >= 11 is 0. The van der Waals surface area contributed by atoms with E-state index in [0.717, 1.165) is 18.7 Å². The summed E-state index contributed by atoms with van der Waals surface area (Å²) in [7, 11) is 0. The summed E-state index contributed by atoms with van der Waals surface area (Å²) in [5, 5.41) is 87.3. The van der Waals surface area contributed by atoms with E-state index >= 15 is 0 Å². The normalized spacial score (nSPS) is 17.3. The zero-order chi connectivity index (χ0) is 98.7. The second-order valence-corrected chi connectivity index (χ2v) is 33.1. The first-order chi connectivity index (χ1) is 60.9. The van der Waals surface area contributed by atoms with Gasteiger partial charge in [-0.3, -0.25) is 106 Å². The van der Waals surface area contributed by atoms with Crippen LogP contribution in [0.3, 0.4) is 0 Å². The summed E-state index contributed by atoms with van der Waals surface area (Å²) in [5.41, 5.74) is 38.9. The number of amides is 19. The predicted octanol–water partition coefficient (Wildman–Crippen LogP) is -11.6. The molecule has 0 bridgehead atoms. The van der Waals surface area contributed by atoms with Crippen LogP contribution in [0.25, 0.3) is 0 Å². The van der Waals surface area contributed by atoms with Gasteiger partial charge in [-0.25, -0.2) is 0 Å². The summed E-state index contributed by atoms with van der Waals surface area (Å²) in [6.07, 6.45) is -5.59. The number of aliphatic imine (C=N–C) groups is 1. The van der Waals surface area contributed by atoms with Crippen molar-refractivity contribution in [1.29, 1.82) is 0 Å². The van der Waals surface area contributed by atoms with Crippen LogP contribution in [0.2, 0.25) is 0 Å². The van der Waals surface area contributed by atoms with Crippen LogP contribution in [0.15, 0.2) is 4.99 Å². The van der Waals surface area contributed by atoms with Crippen molar-refractivity contribution in [2.75, 3.05) is 52.4 Å². The number of carbonyl (C=O) groups is 21. The molecule has 2 heterocycles. The number of rotatable bonds is 60. The molecule has 2 rings (SSSR count). The lowest BCUT2D eigenvalue weighted by Crippen LogP contribution is -2.63. The molecular formula is C79H137N25O26. The van der Waals surface area contributed by atoms with Crippen LogP contribution in [-0.2, 0) is 101 Å². The molecule has 51 nitrogen and oxygen atoms in total. The van der Waals surface area contributed by atoms with E-state index < -0.39 is 297 Å². The van der Waals surface area contributed by atoms with Gasteiger partial charge in [0.15, 0.2) is 5.96 Å². The number of carboxylic acid groups (broad SMARTS) is 2. The van der Waals surface area contributed by atoms with Crippen LogP contribution in [-0.4, -0.2) is 327 Å². The number of unbranched alkanes of at least 4 members (excludes halogenated alkanes) is 2. The maximum Gasteiger partial charge on any atom is 0.325 e. The minimum Gasteiger partial charge on any atom is -0.481 e. The van der Waals surface area contributed by atoms with Gasteiger partial charge in [-0.1, -0.05) is 41.5 Å². The number of aliphatic hydroxyl groups is 3. The van der Waals surface area contributed by atoms with Gasteiger partial charge in [0, 0.05) is 32.5 Å². The van der Waals surface area contributed by atoms with Crippen LogP contribution >= 0.6 is 0 Å². The Morgan fingerprint density at radius 1 is 0.392 bits per heavy atom. The molecule has 19 amide bonds. The number of likely N-dealkylation sites (tertiary alicyclic amines) is 2. The molecule has 2 aliphatic heterocycles. The van der Waals surface area contributed by atoms with Gasteiger partial charge in [0.05, 0.1) is 38.3 Å². The zero-order valence-corrected chi connectivity index (χ0v) is 75.2. The highest BCUT2D eigenvalue weighted by Crippen LogP contribution is 2.23. The van der Waals surface area contributed by atoms with Gasteiger partial charge < -0.3 is 155 Å². The molecule has 0 aromatic heterocycles. The Morgan fingerprint density at radius 2 is 0.792 bits per heavy atom. The van der Waals surface area contributed by atoms with Gasteiger partial charge >= 0.3 is 11.9 Å². The number of hydrogen-bond donors (Lipinski definition) is 27. The monoisotopic (exact) mass is 1850 g/mol. The molecule has 34 N–H and O–H groups in total. The van der Waals surface area contributed by atoms with Crippen molar-refractivity contribution in [2.45, 2.75) is 294 Å². The molecule has 18 atom stereocenters. The number of aliphatic hydroxyl groups excluding tert-OH is 3. The van der Waals surface area contributed by atoms with Crippen molar-refractivity contribution in [3.8, 4) is 0 Å². The second-order valence-electron chi connectivity index (χ2n) is 33.1. The predicted molar refractivity (Wildman–Crippen MR) is 462 cm³/mol. The number of nitrogens with two attached hydrogens (primary N) is 7. The third kappa shape index (κ3) is 39.9. The second kappa shape index (κ2) is 57.7. The number of guanidine groups is 1. The fourth-order valence-corrected chi connectivity index (χ4v) is 13.8. The smallest absolute Gasteiger partial charge is 0.325 e. The molecule has 0 aromatic rings. The van der Waals surface area contributed by atoms with E-state index in [1.807, 2.05) is 0 Å². The Hall–Kier alpha value is -12.1. The first-order valence-electron chi connectivity index (χ1n) is 43.2. The maximum absolute atomic E-state index is 14.6. The van der Waals surface area contributed by atoms with Crippen LogP contribution in [0.1, 0.15) is 185 Å². The lowest BCUT2D eigenvalue weighted by Gasteiger charge is -2.30. The van der Waals surface area contributed by atoms with E-state index in [4.69, 9.17) is 40.1 Å². The van der Waals surface area contributed by atoms with E-state index in [9.17, 15) is 126 Å². The summed E-state index contributed by atoms with van der Waals surface area (Å²) in [5.74, 6) is -24.2. The van der Waals surface area contributed by atoms with Crippen LogP contribution < -0.4 is 120 Å². The number of nitrogens with zero attached hydrogens (tertiary/aromatic N) is 3. The topological polar surface area (TPSA) is 841 Å². The van der Waals surface area contributed by atoms with Gasteiger partial charge in [-0.05, 0) is 155 Å². The molecule has 2 saturated heterocycles. The van der Waals surface area contributed by atoms with Gasteiger partial charge in [0.2, 0.25) is 112 Å². The van der Waals surface area contributed by atoms with Gasteiger partial charge in [-0.2, -0.15) is 0 Å². The Morgan fingerprint density at radius 3 is 1.22 bits per heavy atom.